The second kappa shape index (κ2) is 13.8. The van der Waals surface area contributed by atoms with E-state index in [4.69, 9.17) is 0 Å². The van der Waals surface area contributed by atoms with Crippen molar-refractivity contribution in [1.29, 1.82) is 0 Å². The number of rotatable bonds is 6. The van der Waals surface area contributed by atoms with Crippen LogP contribution >= 0.6 is 0 Å². The predicted molar refractivity (Wildman–Crippen MR) is 233 cm³/mol. The molecule has 258 valence electrons. The molecule has 0 heteroatoms. The first-order chi connectivity index (χ1) is 26.4. The molecule has 0 amide bonds. The van der Waals surface area contributed by atoms with Crippen LogP contribution in [-0.2, 0) is 5.41 Å². The lowest BCUT2D eigenvalue weighted by Crippen LogP contribution is -2.10. The van der Waals surface area contributed by atoms with E-state index in [1.807, 2.05) is 0 Å². The molecule has 0 fully saturated rings. The van der Waals surface area contributed by atoms with Gasteiger partial charge in [0, 0.05) is 0 Å². The van der Waals surface area contributed by atoms with Gasteiger partial charge >= 0.3 is 0 Å². The molecule has 0 nitrogen and oxygen atoms in total. The lowest BCUT2D eigenvalue weighted by atomic mass is 9.79. The second-order valence-corrected chi connectivity index (χ2v) is 15.3. The molecule has 0 aromatic heterocycles. The summed E-state index contributed by atoms with van der Waals surface area (Å²) < 4.78 is 0. The summed E-state index contributed by atoms with van der Waals surface area (Å²) in [5.74, 6) is 0. The van der Waals surface area contributed by atoms with Crippen molar-refractivity contribution in [1.82, 2.24) is 0 Å². The molecular formula is C54H42. The van der Waals surface area contributed by atoms with E-state index in [-0.39, 0.29) is 5.41 Å². The monoisotopic (exact) mass is 690 g/mol. The standard InChI is InChI=1S/C54H42/c1-54(2,3)43-34-35-50-51(36-43)53(47-23-13-11-21-45(47)42-32-28-40(29-33-42)38-18-8-5-9-19-38)49-25-15-14-24-48(49)52(50)46-22-12-10-20-44(46)41-30-26-39(27-31-41)37-16-6-4-7-17-37/h4-36H,1-3H3. The summed E-state index contributed by atoms with van der Waals surface area (Å²) in [5.41, 5.74) is 16.1. The van der Waals surface area contributed by atoms with Gasteiger partial charge in [0.1, 0.15) is 0 Å². The average molecular weight is 691 g/mol. The highest BCUT2D eigenvalue weighted by Gasteiger charge is 2.23. The van der Waals surface area contributed by atoms with Crippen molar-refractivity contribution in [2.45, 2.75) is 26.2 Å². The van der Waals surface area contributed by atoms with Crippen LogP contribution in [0.15, 0.2) is 200 Å². The Morgan fingerprint density at radius 1 is 0.259 bits per heavy atom. The minimum Gasteiger partial charge on any atom is -0.0622 e. The molecule has 0 unspecified atom stereocenters. The van der Waals surface area contributed by atoms with Crippen LogP contribution in [0.4, 0.5) is 0 Å². The van der Waals surface area contributed by atoms with E-state index in [2.05, 4.69) is 221 Å². The summed E-state index contributed by atoms with van der Waals surface area (Å²) >= 11 is 0. The highest BCUT2D eigenvalue weighted by Crippen LogP contribution is 2.48. The van der Waals surface area contributed by atoms with Gasteiger partial charge in [-0.1, -0.05) is 215 Å². The summed E-state index contributed by atoms with van der Waals surface area (Å²) in [6, 6.07) is 73.5. The highest BCUT2D eigenvalue weighted by atomic mass is 14.3. The van der Waals surface area contributed by atoms with Crippen LogP contribution in [0.5, 0.6) is 0 Å². The molecular weight excluding hydrogens is 649 g/mol. The lowest BCUT2D eigenvalue weighted by molar-refractivity contribution is 0.591. The number of hydrogen-bond acceptors (Lipinski definition) is 0. The van der Waals surface area contributed by atoms with E-state index in [1.165, 1.54) is 93.9 Å². The zero-order valence-corrected chi connectivity index (χ0v) is 31.1. The fraction of sp³-hybridized carbons (Fsp3) is 0.0741. The molecule has 0 heterocycles. The van der Waals surface area contributed by atoms with Gasteiger partial charge in [-0.05, 0) is 105 Å². The normalized spacial score (nSPS) is 11.6. The molecule has 0 saturated heterocycles. The lowest BCUT2D eigenvalue weighted by Gasteiger charge is -2.24. The van der Waals surface area contributed by atoms with Crippen molar-refractivity contribution in [2.24, 2.45) is 0 Å². The van der Waals surface area contributed by atoms with Gasteiger partial charge in [0.2, 0.25) is 0 Å². The molecule has 0 aliphatic rings. The Morgan fingerprint density at radius 2 is 0.593 bits per heavy atom. The van der Waals surface area contributed by atoms with Crippen molar-refractivity contribution in [3.05, 3.63) is 206 Å². The van der Waals surface area contributed by atoms with Gasteiger partial charge in [-0.3, -0.25) is 0 Å². The third kappa shape index (κ3) is 6.10. The van der Waals surface area contributed by atoms with Gasteiger partial charge in [-0.15, -0.1) is 0 Å². The molecule has 9 aromatic rings. The molecule has 54 heavy (non-hydrogen) atoms. The topological polar surface area (TPSA) is 0 Å². The Morgan fingerprint density at radius 3 is 1.04 bits per heavy atom. The average Bonchev–Trinajstić information content (AvgIpc) is 3.23. The SMILES string of the molecule is CC(C)(C)c1ccc2c(-c3ccccc3-c3ccc(-c4ccccc4)cc3)c3ccccc3c(-c3ccccc3-c3ccc(-c4ccccc4)cc3)c2c1. The van der Waals surface area contributed by atoms with Crippen LogP contribution in [0.2, 0.25) is 0 Å². The molecule has 9 rings (SSSR count). The third-order valence-corrected chi connectivity index (χ3v) is 10.9. The Hall–Kier alpha value is -6.50. The minimum absolute atomic E-state index is 0.0114. The summed E-state index contributed by atoms with van der Waals surface area (Å²) in [6.07, 6.45) is 0. The van der Waals surface area contributed by atoms with Gasteiger partial charge < -0.3 is 0 Å². The summed E-state index contributed by atoms with van der Waals surface area (Å²) in [6.45, 7) is 6.94. The van der Waals surface area contributed by atoms with Crippen LogP contribution < -0.4 is 0 Å². The van der Waals surface area contributed by atoms with Crippen LogP contribution in [0.3, 0.4) is 0 Å². The summed E-state index contributed by atoms with van der Waals surface area (Å²) in [4.78, 5) is 0. The minimum atomic E-state index is -0.0114. The Kier molecular flexibility index (Phi) is 8.53. The molecule has 0 bridgehead atoms. The smallest absolute Gasteiger partial charge is 0.00200 e. The first-order valence-electron chi connectivity index (χ1n) is 18.9. The summed E-state index contributed by atoms with van der Waals surface area (Å²) in [7, 11) is 0. The van der Waals surface area contributed by atoms with Crippen molar-refractivity contribution in [3.63, 3.8) is 0 Å². The van der Waals surface area contributed by atoms with Crippen molar-refractivity contribution >= 4 is 21.5 Å². The Bertz CT molecular complexity index is 2750. The Balaban J connectivity index is 1.28. The zero-order chi connectivity index (χ0) is 36.6. The highest BCUT2D eigenvalue weighted by molar-refractivity contribution is 6.23. The molecule has 9 aromatic carbocycles. The van der Waals surface area contributed by atoms with E-state index < -0.39 is 0 Å². The number of hydrogen-bond donors (Lipinski definition) is 0. The van der Waals surface area contributed by atoms with E-state index in [0.717, 1.165) is 0 Å². The fourth-order valence-electron chi connectivity index (χ4n) is 8.08. The first-order valence-corrected chi connectivity index (χ1v) is 18.9. The first kappa shape index (κ1) is 33.3. The van der Waals surface area contributed by atoms with Crippen LogP contribution in [-0.4, -0.2) is 0 Å². The van der Waals surface area contributed by atoms with E-state index >= 15 is 0 Å². The van der Waals surface area contributed by atoms with Crippen LogP contribution in [0.25, 0.3) is 88.3 Å². The van der Waals surface area contributed by atoms with Gasteiger partial charge in [0.15, 0.2) is 0 Å². The number of benzene rings is 9. The molecule has 0 saturated carbocycles. The zero-order valence-electron chi connectivity index (χ0n) is 31.1. The van der Waals surface area contributed by atoms with E-state index in [9.17, 15) is 0 Å². The maximum Gasteiger partial charge on any atom is -0.00200 e. The van der Waals surface area contributed by atoms with Crippen molar-refractivity contribution in [2.75, 3.05) is 0 Å². The quantitative estimate of drug-likeness (QED) is 0.152. The van der Waals surface area contributed by atoms with Gasteiger partial charge in [-0.2, -0.15) is 0 Å². The predicted octanol–water partition coefficient (Wildman–Crippen LogP) is 15.3. The molecule has 0 spiro atoms. The van der Waals surface area contributed by atoms with Crippen LogP contribution in [0.1, 0.15) is 26.3 Å². The molecule has 0 atom stereocenters. The van der Waals surface area contributed by atoms with Crippen LogP contribution in [0, 0.1) is 0 Å². The Labute approximate surface area is 319 Å². The van der Waals surface area contributed by atoms with Gasteiger partial charge in [0.25, 0.3) is 0 Å². The maximum absolute atomic E-state index is 2.47. The van der Waals surface area contributed by atoms with Gasteiger partial charge in [-0.25, -0.2) is 0 Å². The summed E-state index contributed by atoms with van der Waals surface area (Å²) in [5, 5.41) is 5.05. The number of fused-ring (bicyclic) bond motifs is 2. The van der Waals surface area contributed by atoms with Crippen molar-refractivity contribution < 1.29 is 0 Å². The van der Waals surface area contributed by atoms with E-state index in [0.29, 0.717) is 0 Å². The molecule has 0 aliphatic carbocycles. The fourth-order valence-corrected chi connectivity index (χ4v) is 8.08. The molecule has 0 aliphatic heterocycles. The maximum atomic E-state index is 2.47. The molecule has 0 N–H and O–H groups in total. The van der Waals surface area contributed by atoms with Crippen molar-refractivity contribution in [3.8, 4) is 66.8 Å². The van der Waals surface area contributed by atoms with Gasteiger partial charge in [0.05, 0.1) is 0 Å². The third-order valence-electron chi connectivity index (χ3n) is 10.9. The molecule has 0 radical (unpaired) electrons. The second-order valence-electron chi connectivity index (χ2n) is 15.3. The largest absolute Gasteiger partial charge is 0.0622 e. The van der Waals surface area contributed by atoms with E-state index in [1.54, 1.807) is 0 Å².